The van der Waals surface area contributed by atoms with Crippen LogP contribution in [-0.4, -0.2) is 31.4 Å². The minimum Gasteiger partial charge on any atom is -0.360 e. The van der Waals surface area contributed by atoms with Crippen molar-refractivity contribution >= 4 is 17.5 Å². The van der Waals surface area contributed by atoms with Crippen LogP contribution < -0.4 is 15.5 Å². The van der Waals surface area contributed by atoms with Crippen LogP contribution in [0.1, 0.15) is 23.5 Å². The molecule has 2 aromatic rings. The molecule has 1 saturated heterocycles. The highest BCUT2D eigenvalue weighted by Gasteiger charge is 2.43. The van der Waals surface area contributed by atoms with Crippen molar-refractivity contribution in [1.82, 2.24) is 10.6 Å². The number of carbonyl (C=O) groups is 2. The van der Waals surface area contributed by atoms with Crippen molar-refractivity contribution in [2.45, 2.75) is 18.9 Å². The molecule has 1 heterocycles. The van der Waals surface area contributed by atoms with E-state index in [4.69, 9.17) is 0 Å². The Hall–Kier alpha value is -2.89. The number of nitrogens with zero attached hydrogens (tertiary/aromatic N) is 1. The highest BCUT2D eigenvalue weighted by Crippen LogP contribution is 2.47. The molecule has 1 aliphatic carbocycles. The van der Waals surface area contributed by atoms with Gasteiger partial charge in [-0.2, -0.15) is 0 Å². The second-order valence-electron chi connectivity index (χ2n) is 7.16. The molecule has 2 unspecified atom stereocenters. The van der Waals surface area contributed by atoms with Crippen molar-refractivity contribution in [2.75, 3.05) is 24.5 Å². The molecule has 2 fully saturated rings. The number of hydrogen-bond acceptors (Lipinski definition) is 3. The standard InChI is InChI=1S/C21H22FN3O2/c22-16-5-3-15(4-6-16)18-11-19(18)21(27)24-12-14-1-7-17(8-2-14)25-10-9-23-20(26)13-25/h1-8,18-19H,9-13H2,(H,23,26)(H,24,27). The predicted octanol–water partition coefficient (Wildman–Crippen LogP) is 2.18. The molecule has 2 amide bonds. The Labute approximate surface area is 157 Å². The van der Waals surface area contributed by atoms with Crippen LogP contribution in [0.25, 0.3) is 0 Å². The molecule has 0 spiro atoms. The van der Waals surface area contributed by atoms with Gasteiger partial charge in [0, 0.05) is 31.2 Å². The van der Waals surface area contributed by atoms with Crippen LogP contribution in [0, 0.1) is 11.7 Å². The molecule has 6 heteroatoms. The number of carbonyl (C=O) groups excluding carboxylic acids is 2. The van der Waals surface area contributed by atoms with Crippen LogP contribution in [0.2, 0.25) is 0 Å². The number of amides is 2. The van der Waals surface area contributed by atoms with Gasteiger partial charge in [-0.15, -0.1) is 0 Å². The molecule has 0 bridgehead atoms. The van der Waals surface area contributed by atoms with E-state index in [1.165, 1.54) is 12.1 Å². The third kappa shape index (κ3) is 4.10. The van der Waals surface area contributed by atoms with Crippen molar-refractivity contribution in [3.8, 4) is 0 Å². The fourth-order valence-corrected chi connectivity index (χ4v) is 3.57. The number of hydrogen-bond donors (Lipinski definition) is 2. The summed E-state index contributed by atoms with van der Waals surface area (Å²) in [7, 11) is 0. The number of benzene rings is 2. The Morgan fingerprint density at radius 2 is 1.89 bits per heavy atom. The van der Waals surface area contributed by atoms with E-state index in [0.717, 1.165) is 29.8 Å². The number of piperazine rings is 1. The van der Waals surface area contributed by atoms with Gasteiger partial charge < -0.3 is 15.5 Å². The minimum absolute atomic E-state index is 0.0263. The fourth-order valence-electron chi connectivity index (χ4n) is 3.57. The molecule has 4 rings (SSSR count). The minimum atomic E-state index is -0.256. The number of anilines is 1. The van der Waals surface area contributed by atoms with Gasteiger partial charge in [0.25, 0.3) is 0 Å². The first kappa shape index (κ1) is 17.5. The first-order chi connectivity index (χ1) is 13.1. The third-order valence-corrected chi connectivity index (χ3v) is 5.23. The van der Waals surface area contributed by atoms with Crippen molar-refractivity contribution in [3.05, 3.63) is 65.5 Å². The maximum atomic E-state index is 13.0. The molecule has 2 aromatic carbocycles. The first-order valence-electron chi connectivity index (χ1n) is 9.24. The molecule has 140 valence electrons. The molecule has 27 heavy (non-hydrogen) atoms. The second-order valence-corrected chi connectivity index (χ2v) is 7.16. The molecule has 5 nitrogen and oxygen atoms in total. The van der Waals surface area contributed by atoms with Crippen LogP contribution in [0.5, 0.6) is 0 Å². The molecule has 0 radical (unpaired) electrons. The lowest BCUT2D eigenvalue weighted by Crippen LogP contribution is -2.47. The monoisotopic (exact) mass is 367 g/mol. The summed E-state index contributed by atoms with van der Waals surface area (Å²) in [4.78, 5) is 25.9. The summed E-state index contributed by atoms with van der Waals surface area (Å²) >= 11 is 0. The zero-order chi connectivity index (χ0) is 18.8. The Kier molecular flexibility index (Phi) is 4.79. The average Bonchev–Trinajstić information content (AvgIpc) is 3.48. The molecular formula is C21H22FN3O2. The van der Waals surface area contributed by atoms with Crippen molar-refractivity contribution < 1.29 is 14.0 Å². The van der Waals surface area contributed by atoms with Crippen LogP contribution in [0.3, 0.4) is 0 Å². The normalized spacial score (nSPS) is 21.5. The summed E-state index contributed by atoms with van der Waals surface area (Å²) in [5.41, 5.74) is 3.05. The van der Waals surface area contributed by atoms with Gasteiger partial charge in [-0.25, -0.2) is 4.39 Å². The third-order valence-electron chi connectivity index (χ3n) is 5.23. The fraction of sp³-hybridized carbons (Fsp3) is 0.333. The Morgan fingerprint density at radius 1 is 1.15 bits per heavy atom. The van der Waals surface area contributed by atoms with Gasteiger partial charge in [-0.3, -0.25) is 9.59 Å². The van der Waals surface area contributed by atoms with Gasteiger partial charge in [0.1, 0.15) is 5.82 Å². The Bertz CT molecular complexity index is 836. The predicted molar refractivity (Wildman–Crippen MR) is 101 cm³/mol. The lowest BCUT2D eigenvalue weighted by atomic mass is 10.1. The quantitative estimate of drug-likeness (QED) is 0.852. The zero-order valence-electron chi connectivity index (χ0n) is 15.0. The number of rotatable bonds is 5. The van der Waals surface area contributed by atoms with Crippen molar-refractivity contribution in [1.29, 1.82) is 0 Å². The van der Waals surface area contributed by atoms with Crippen molar-refractivity contribution in [2.24, 2.45) is 5.92 Å². The van der Waals surface area contributed by atoms with Crippen LogP contribution in [0.4, 0.5) is 10.1 Å². The molecular weight excluding hydrogens is 345 g/mol. The summed E-state index contributed by atoms with van der Waals surface area (Å²) in [5, 5.41) is 5.80. The van der Waals surface area contributed by atoms with E-state index in [1.807, 2.05) is 29.2 Å². The highest BCUT2D eigenvalue weighted by atomic mass is 19.1. The highest BCUT2D eigenvalue weighted by molar-refractivity contribution is 5.83. The van der Waals surface area contributed by atoms with E-state index in [9.17, 15) is 14.0 Å². The Morgan fingerprint density at radius 3 is 2.59 bits per heavy atom. The second kappa shape index (κ2) is 7.39. The summed E-state index contributed by atoms with van der Waals surface area (Å²) < 4.78 is 13.0. The smallest absolute Gasteiger partial charge is 0.239 e. The van der Waals surface area contributed by atoms with E-state index in [1.54, 1.807) is 12.1 Å². The van der Waals surface area contributed by atoms with Crippen LogP contribution >= 0.6 is 0 Å². The summed E-state index contributed by atoms with van der Waals surface area (Å²) in [6.07, 6.45) is 0.813. The van der Waals surface area contributed by atoms with Gasteiger partial charge in [0.15, 0.2) is 0 Å². The Balaban J connectivity index is 1.28. The van der Waals surface area contributed by atoms with Gasteiger partial charge in [-0.05, 0) is 47.7 Å². The molecule has 2 atom stereocenters. The molecule has 2 N–H and O–H groups in total. The van der Waals surface area contributed by atoms with E-state index < -0.39 is 0 Å². The van der Waals surface area contributed by atoms with E-state index in [2.05, 4.69) is 10.6 Å². The number of halogens is 1. The van der Waals surface area contributed by atoms with Crippen LogP contribution in [-0.2, 0) is 16.1 Å². The van der Waals surface area contributed by atoms with E-state index in [0.29, 0.717) is 19.6 Å². The van der Waals surface area contributed by atoms with Gasteiger partial charge in [-0.1, -0.05) is 24.3 Å². The molecule has 0 aromatic heterocycles. The van der Waals surface area contributed by atoms with E-state index in [-0.39, 0.29) is 29.5 Å². The number of nitrogens with one attached hydrogen (secondary N) is 2. The van der Waals surface area contributed by atoms with Crippen molar-refractivity contribution in [3.63, 3.8) is 0 Å². The topological polar surface area (TPSA) is 61.4 Å². The van der Waals surface area contributed by atoms with E-state index >= 15 is 0 Å². The van der Waals surface area contributed by atoms with Gasteiger partial charge in [0.05, 0.1) is 6.54 Å². The molecule has 1 aliphatic heterocycles. The maximum absolute atomic E-state index is 13.0. The van der Waals surface area contributed by atoms with Gasteiger partial charge >= 0.3 is 0 Å². The maximum Gasteiger partial charge on any atom is 0.239 e. The SMILES string of the molecule is O=C1CN(c2ccc(CNC(=O)C3CC3c3ccc(F)cc3)cc2)CCN1. The zero-order valence-corrected chi connectivity index (χ0v) is 15.0. The van der Waals surface area contributed by atoms with Crippen LogP contribution in [0.15, 0.2) is 48.5 Å². The average molecular weight is 367 g/mol. The molecule has 1 saturated carbocycles. The van der Waals surface area contributed by atoms with Gasteiger partial charge in [0.2, 0.25) is 11.8 Å². The summed E-state index contributed by atoms with van der Waals surface area (Å²) in [5.74, 6) is -0.00677. The summed E-state index contributed by atoms with van der Waals surface area (Å²) in [6, 6.07) is 14.3. The lowest BCUT2D eigenvalue weighted by molar-refractivity contribution is -0.122. The first-order valence-corrected chi connectivity index (χ1v) is 9.24. The molecule has 2 aliphatic rings. The summed E-state index contributed by atoms with van der Waals surface area (Å²) in [6.45, 7) is 2.32. The largest absolute Gasteiger partial charge is 0.360 e. The lowest BCUT2D eigenvalue weighted by Gasteiger charge is -2.28.